The molecule has 10 unspecified atom stereocenters. The molecule has 7 nitrogen and oxygen atoms in total. The molecule has 3 N–H and O–H groups in total. The van der Waals surface area contributed by atoms with Crippen LogP contribution >= 0.6 is 0 Å². The van der Waals surface area contributed by atoms with Gasteiger partial charge in [-0.3, -0.25) is 9.69 Å². The van der Waals surface area contributed by atoms with Crippen LogP contribution in [0.4, 0.5) is 8.78 Å². The second-order valence-corrected chi connectivity index (χ2v) is 17.8. The van der Waals surface area contributed by atoms with Crippen molar-refractivity contribution >= 4 is 5.78 Å². The summed E-state index contributed by atoms with van der Waals surface area (Å²) < 4.78 is 40.7. The fourth-order valence-electron chi connectivity index (χ4n) is 12.3. The molecule has 2 bridgehead atoms. The van der Waals surface area contributed by atoms with E-state index in [1.54, 1.807) is 0 Å². The number of benzene rings is 2. The van der Waals surface area contributed by atoms with Gasteiger partial charge in [-0.15, -0.1) is 0 Å². The van der Waals surface area contributed by atoms with E-state index in [9.17, 15) is 28.9 Å². The Hall–Kier alpha value is -2.79. The van der Waals surface area contributed by atoms with Crippen LogP contribution in [0.1, 0.15) is 87.6 Å². The lowest BCUT2D eigenvalue weighted by atomic mass is 9.32. The molecular weight excluding hydrogens is 676 g/mol. The number of carbonyl (C=O) groups is 1. The van der Waals surface area contributed by atoms with Crippen molar-refractivity contribution in [3.63, 3.8) is 0 Å². The van der Waals surface area contributed by atoms with Crippen molar-refractivity contribution < 1.29 is 38.4 Å². The number of allylic oxidation sites excluding steroid dienone is 4. The first kappa shape index (κ1) is 37.1. The summed E-state index contributed by atoms with van der Waals surface area (Å²) in [6.07, 6.45) is 12.1. The number of ketones is 1. The molecule has 0 aromatic heterocycles. The Morgan fingerprint density at radius 1 is 0.981 bits per heavy atom. The van der Waals surface area contributed by atoms with Crippen LogP contribution in [-0.4, -0.2) is 82.8 Å². The van der Waals surface area contributed by atoms with Crippen molar-refractivity contribution in [1.82, 2.24) is 4.90 Å². The quantitative estimate of drug-likeness (QED) is 0.163. The van der Waals surface area contributed by atoms with Gasteiger partial charge in [0.15, 0.2) is 17.4 Å². The molecule has 7 aliphatic rings. The summed E-state index contributed by atoms with van der Waals surface area (Å²) in [4.78, 5) is 16.9. The molecule has 0 amide bonds. The molecule has 0 radical (unpaired) electrons. The largest absolute Gasteiger partial charge is 0.393 e. The smallest absolute Gasteiger partial charge is 0.189 e. The van der Waals surface area contributed by atoms with Crippen LogP contribution in [0.2, 0.25) is 0 Å². The van der Waals surface area contributed by atoms with E-state index in [2.05, 4.69) is 37.0 Å². The standard InChI is InChI=1S/C44H55F2NO6/c1-40-15-12-31(48)22-42(40)18-19-44(34(23-42)39(50)30-10-11-35(45)36(46)21-30)37(40)13-16-41(2)38(44)14-17-43(41,51)28-47(25-33-9-6-20-53-33)24-32(49)27-52-26-29-7-4-3-5-8-29/h3-5,7-8,10-11,18-19,21,23,31-33,37-38,48-49,51H,6,9,12-17,20,22,24-28H2,1-2H3. The van der Waals surface area contributed by atoms with Gasteiger partial charge >= 0.3 is 0 Å². The SMILES string of the molecule is CC12CCC(O)CC13C=CC1(C(C(=O)c4ccc(F)c(F)c4)=C3)C2CCC2(C)C1CCC2(O)CN(CC(O)COCc1ccccc1)CC1CCCO1. The molecule has 9 heteroatoms. The fraction of sp³-hybridized carbons (Fsp3) is 0.614. The third-order valence-corrected chi connectivity index (χ3v) is 15.0. The lowest BCUT2D eigenvalue weighted by Crippen LogP contribution is -2.67. The summed E-state index contributed by atoms with van der Waals surface area (Å²) in [6.45, 7) is 7.07. The van der Waals surface area contributed by atoms with E-state index in [0.717, 1.165) is 49.8 Å². The minimum absolute atomic E-state index is 0.0213. The molecule has 286 valence electrons. The third kappa shape index (κ3) is 6.00. The zero-order valence-electron chi connectivity index (χ0n) is 31.1. The average Bonchev–Trinajstić information content (AvgIpc) is 3.74. The van der Waals surface area contributed by atoms with Gasteiger partial charge in [0, 0.05) is 53.6 Å². The molecule has 1 saturated heterocycles. The highest BCUT2D eigenvalue weighted by Gasteiger charge is 2.74. The Balaban J connectivity index is 1.11. The molecule has 1 heterocycles. The molecule has 10 atom stereocenters. The van der Waals surface area contributed by atoms with Gasteiger partial charge in [0.1, 0.15) is 0 Å². The number of rotatable bonds is 12. The lowest BCUT2D eigenvalue weighted by molar-refractivity contribution is -0.177. The molecule has 1 aliphatic heterocycles. The number of aliphatic hydroxyl groups is 3. The predicted molar refractivity (Wildman–Crippen MR) is 197 cm³/mol. The zero-order valence-corrected chi connectivity index (χ0v) is 31.1. The van der Waals surface area contributed by atoms with Gasteiger partial charge in [-0.1, -0.05) is 62.4 Å². The molecule has 6 aliphatic carbocycles. The summed E-state index contributed by atoms with van der Waals surface area (Å²) >= 11 is 0. The number of halogens is 2. The zero-order chi connectivity index (χ0) is 37.2. The van der Waals surface area contributed by atoms with Crippen LogP contribution in [-0.2, 0) is 16.1 Å². The van der Waals surface area contributed by atoms with Crippen LogP contribution in [0.15, 0.2) is 72.3 Å². The molecular formula is C44H55F2NO6. The van der Waals surface area contributed by atoms with Crippen molar-refractivity contribution in [2.45, 2.75) is 102 Å². The highest BCUT2D eigenvalue weighted by Crippen LogP contribution is 2.78. The number of Topliss-reactive ketones (excluding diaryl/α,β-unsaturated/α-hetero) is 1. The van der Waals surface area contributed by atoms with Crippen molar-refractivity contribution in [3.8, 4) is 0 Å². The number of ether oxygens (including phenoxy) is 2. The highest BCUT2D eigenvalue weighted by atomic mass is 19.2. The first-order valence-electron chi connectivity index (χ1n) is 19.8. The minimum Gasteiger partial charge on any atom is -0.393 e. The molecule has 53 heavy (non-hydrogen) atoms. The number of carbonyl (C=O) groups excluding carboxylic acids is 1. The normalized spacial score (nSPS) is 39.1. The monoisotopic (exact) mass is 731 g/mol. The maximum Gasteiger partial charge on any atom is 0.189 e. The topological polar surface area (TPSA) is 99.5 Å². The fourth-order valence-corrected chi connectivity index (χ4v) is 12.3. The van der Waals surface area contributed by atoms with E-state index in [1.807, 2.05) is 30.3 Å². The number of nitrogens with zero attached hydrogens (tertiary/aromatic N) is 1. The Morgan fingerprint density at radius 2 is 1.74 bits per heavy atom. The number of aliphatic hydroxyl groups excluding tert-OH is 2. The predicted octanol–water partition coefficient (Wildman–Crippen LogP) is 6.80. The van der Waals surface area contributed by atoms with Crippen molar-refractivity contribution in [2.24, 2.45) is 33.5 Å². The van der Waals surface area contributed by atoms with E-state index >= 15 is 0 Å². The van der Waals surface area contributed by atoms with Crippen LogP contribution in [0.5, 0.6) is 0 Å². The van der Waals surface area contributed by atoms with Crippen molar-refractivity contribution in [2.75, 3.05) is 32.8 Å². The van der Waals surface area contributed by atoms with Crippen LogP contribution < -0.4 is 0 Å². The Morgan fingerprint density at radius 3 is 2.49 bits per heavy atom. The molecule has 4 fully saturated rings. The maximum atomic E-state index is 14.7. The van der Waals surface area contributed by atoms with E-state index in [-0.39, 0.29) is 41.3 Å². The number of hydrogen-bond acceptors (Lipinski definition) is 7. The van der Waals surface area contributed by atoms with Gasteiger partial charge < -0.3 is 24.8 Å². The summed E-state index contributed by atoms with van der Waals surface area (Å²) in [5.74, 6) is -2.38. The van der Waals surface area contributed by atoms with Crippen LogP contribution in [0.25, 0.3) is 0 Å². The van der Waals surface area contributed by atoms with E-state index in [0.29, 0.717) is 64.1 Å². The van der Waals surface area contributed by atoms with Gasteiger partial charge in [-0.05, 0) is 98.8 Å². The van der Waals surface area contributed by atoms with Gasteiger partial charge in [-0.2, -0.15) is 0 Å². The molecule has 2 aromatic carbocycles. The lowest BCUT2D eigenvalue weighted by Gasteiger charge is -2.71. The second-order valence-electron chi connectivity index (χ2n) is 17.8. The third-order valence-electron chi connectivity index (χ3n) is 15.0. The maximum absolute atomic E-state index is 14.7. The van der Waals surface area contributed by atoms with Crippen molar-refractivity contribution in [1.29, 1.82) is 0 Å². The Bertz CT molecular complexity index is 1760. The van der Waals surface area contributed by atoms with Gasteiger partial charge in [0.2, 0.25) is 0 Å². The molecule has 3 saturated carbocycles. The van der Waals surface area contributed by atoms with Gasteiger partial charge in [0.05, 0.1) is 37.1 Å². The Kier molecular flexibility index (Phi) is 9.64. The van der Waals surface area contributed by atoms with E-state index in [1.165, 1.54) is 6.07 Å². The summed E-state index contributed by atoms with van der Waals surface area (Å²) in [6, 6.07) is 13.3. The molecule has 2 aromatic rings. The summed E-state index contributed by atoms with van der Waals surface area (Å²) in [5, 5.41) is 35.3. The summed E-state index contributed by atoms with van der Waals surface area (Å²) in [7, 11) is 0. The molecule has 2 spiro atoms. The highest BCUT2D eigenvalue weighted by molar-refractivity contribution is 6.10. The van der Waals surface area contributed by atoms with E-state index < -0.39 is 45.7 Å². The average molecular weight is 732 g/mol. The van der Waals surface area contributed by atoms with Crippen LogP contribution in [0.3, 0.4) is 0 Å². The number of fused-ring (bicyclic) bond motifs is 1. The second kappa shape index (κ2) is 13.7. The first-order valence-corrected chi connectivity index (χ1v) is 19.8. The van der Waals surface area contributed by atoms with Crippen LogP contribution in [0, 0.1) is 45.1 Å². The summed E-state index contributed by atoms with van der Waals surface area (Å²) in [5.41, 5.74) is -1.42. The Labute approximate surface area is 312 Å². The van der Waals surface area contributed by atoms with Gasteiger partial charge in [0.25, 0.3) is 0 Å². The minimum atomic E-state index is -1.12. The first-order chi connectivity index (χ1) is 25.3. The van der Waals surface area contributed by atoms with E-state index in [4.69, 9.17) is 9.47 Å². The van der Waals surface area contributed by atoms with Crippen molar-refractivity contribution in [3.05, 3.63) is 95.1 Å². The van der Waals surface area contributed by atoms with Gasteiger partial charge in [-0.25, -0.2) is 8.78 Å². The molecule has 9 rings (SSSR count). The number of hydrogen-bond donors (Lipinski definition) is 3.